The van der Waals surface area contributed by atoms with Crippen molar-refractivity contribution in [1.82, 2.24) is 10.6 Å². The van der Waals surface area contributed by atoms with Crippen LogP contribution in [0.3, 0.4) is 0 Å². The van der Waals surface area contributed by atoms with Gasteiger partial charge in [0, 0.05) is 17.7 Å². The summed E-state index contributed by atoms with van der Waals surface area (Å²) in [5.74, 6) is 0.682. The van der Waals surface area contributed by atoms with Crippen LogP contribution in [0.15, 0.2) is 0 Å². The second-order valence-corrected chi connectivity index (χ2v) is 15.8. The van der Waals surface area contributed by atoms with Crippen molar-refractivity contribution in [2.75, 3.05) is 12.3 Å². The monoisotopic (exact) mass is 719 g/mol. The van der Waals surface area contributed by atoms with E-state index in [1.165, 1.54) is 44.9 Å². The van der Waals surface area contributed by atoms with E-state index < -0.39 is 42.4 Å². The number of hydrogen-bond acceptors (Lipinski definition) is 8. The number of nitrogens with two attached hydrogens (primary N) is 1. The molecule has 0 bridgehead atoms. The molecule has 1 aliphatic rings. The second-order valence-electron chi connectivity index (χ2n) is 15.4. The number of carbonyl (C=O) groups is 4. The first-order chi connectivity index (χ1) is 23.5. The number of hydrogen-bond donors (Lipinski definition) is 5. The zero-order valence-electron chi connectivity index (χ0n) is 31.9. The minimum absolute atomic E-state index is 0.0180. The first-order valence-corrected chi connectivity index (χ1v) is 19.3. The quantitative estimate of drug-likeness (QED) is 0.0500. The van der Waals surface area contributed by atoms with E-state index in [2.05, 4.69) is 57.9 Å². The van der Waals surface area contributed by atoms with Crippen LogP contribution in [0.2, 0.25) is 0 Å². The van der Waals surface area contributed by atoms with Crippen molar-refractivity contribution in [1.29, 1.82) is 0 Å². The summed E-state index contributed by atoms with van der Waals surface area (Å²) >= 11 is 4.13. The highest BCUT2D eigenvalue weighted by atomic mass is 32.1. The molecule has 2 rings (SSSR count). The maximum atomic E-state index is 12.9. The minimum atomic E-state index is -1.21. The van der Waals surface area contributed by atoms with Crippen molar-refractivity contribution in [3.05, 3.63) is 22.3 Å². The van der Waals surface area contributed by atoms with E-state index in [9.17, 15) is 19.2 Å². The SMILES string of the molecule is Cc1c(C)c2c(c(C)c1OC(=O)CNC(=O)C(CS)NC(=O)CCC(N)C(=O)O)CC[C@@](C)(CCC[C@H](C)CCC[C@H](C)CCCC(C)C)O2. The lowest BCUT2D eigenvalue weighted by molar-refractivity contribution is -0.139. The zero-order chi connectivity index (χ0) is 37.6. The fourth-order valence-corrected chi connectivity index (χ4v) is 6.97. The van der Waals surface area contributed by atoms with E-state index in [1.807, 2.05) is 20.8 Å². The Hall–Kier alpha value is -2.79. The van der Waals surface area contributed by atoms with Crippen LogP contribution in [0, 0.1) is 38.5 Å². The largest absolute Gasteiger partial charge is 0.487 e. The van der Waals surface area contributed by atoms with Gasteiger partial charge in [-0.25, -0.2) is 4.79 Å². The average Bonchev–Trinajstić information content (AvgIpc) is 3.05. The Labute approximate surface area is 306 Å². The molecule has 0 saturated heterocycles. The smallest absolute Gasteiger partial charge is 0.330 e. The highest BCUT2D eigenvalue weighted by molar-refractivity contribution is 7.80. The van der Waals surface area contributed by atoms with Crippen molar-refractivity contribution in [2.45, 2.75) is 157 Å². The van der Waals surface area contributed by atoms with Crippen molar-refractivity contribution < 1.29 is 33.8 Å². The fraction of sp³-hybridized carbons (Fsp3) is 0.744. The number of carboxylic acids is 1. The van der Waals surface area contributed by atoms with Gasteiger partial charge in [-0.15, -0.1) is 0 Å². The van der Waals surface area contributed by atoms with Gasteiger partial charge < -0.3 is 30.9 Å². The number of carboxylic acid groups (broad SMARTS) is 1. The molecule has 2 unspecified atom stereocenters. The lowest BCUT2D eigenvalue weighted by Crippen LogP contribution is -2.49. The second kappa shape index (κ2) is 20.9. The van der Waals surface area contributed by atoms with Crippen LogP contribution in [0.25, 0.3) is 0 Å². The summed E-state index contributed by atoms with van der Waals surface area (Å²) in [6, 6.07) is -2.19. The molecule has 11 heteroatoms. The Bertz CT molecular complexity index is 1300. The van der Waals surface area contributed by atoms with E-state index in [1.54, 1.807) is 0 Å². The van der Waals surface area contributed by atoms with Gasteiger partial charge in [0.15, 0.2) is 0 Å². The molecule has 0 spiro atoms. The Kier molecular flexibility index (Phi) is 18.1. The van der Waals surface area contributed by atoms with Crippen LogP contribution >= 0.6 is 12.6 Å². The highest BCUT2D eigenvalue weighted by Gasteiger charge is 2.35. The predicted molar refractivity (Wildman–Crippen MR) is 202 cm³/mol. The summed E-state index contributed by atoms with van der Waals surface area (Å²) in [4.78, 5) is 48.6. The van der Waals surface area contributed by atoms with Crippen molar-refractivity contribution in [2.24, 2.45) is 23.5 Å². The summed E-state index contributed by atoms with van der Waals surface area (Å²) in [6.45, 7) is 17.1. The number of thiol groups is 1. The third kappa shape index (κ3) is 14.1. The van der Waals surface area contributed by atoms with Crippen LogP contribution in [0.5, 0.6) is 11.5 Å². The maximum Gasteiger partial charge on any atom is 0.330 e. The number of esters is 1. The standard InChI is InChI=1S/C39H65N3O7S/c1-24(2)12-9-13-25(3)14-10-15-26(4)16-11-20-39(8)21-19-30-29(7)35(27(5)28(6)36(30)49-39)48-34(44)22-41-37(45)32(23-50)42-33(43)18-17-31(40)38(46)47/h24-26,31-32,50H,9-23,40H2,1-8H3,(H,41,45)(H,42,43)(H,46,47)/t25-,26-,31?,32?,39-/m1/s1. The van der Waals surface area contributed by atoms with Crippen LogP contribution in [-0.2, 0) is 25.6 Å². The highest BCUT2D eigenvalue weighted by Crippen LogP contribution is 2.45. The molecule has 0 fully saturated rings. The molecule has 0 saturated carbocycles. The number of rotatable bonds is 22. The summed E-state index contributed by atoms with van der Waals surface area (Å²) in [5.41, 5.74) is 8.86. The number of benzene rings is 1. The molecule has 2 amide bonds. The molecule has 1 aliphatic heterocycles. The van der Waals surface area contributed by atoms with E-state index in [0.29, 0.717) is 11.7 Å². The van der Waals surface area contributed by atoms with Gasteiger partial charge in [0.1, 0.15) is 35.7 Å². The number of aliphatic carboxylic acids is 1. The van der Waals surface area contributed by atoms with E-state index >= 15 is 0 Å². The maximum absolute atomic E-state index is 12.9. The van der Waals surface area contributed by atoms with Gasteiger partial charge in [-0.1, -0.05) is 72.6 Å². The van der Waals surface area contributed by atoms with E-state index in [-0.39, 0.29) is 24.2 Å². The summed E-state index contributed by atoms with van der Waals surface area (Å²) in [7, 11) is 0. The number of carbonyl (C=O) groups excluding carboxylic acids is 3. The lowest BCUT2D eigenvalue weighted by atomic mass is 9.83. The predicted octanol–water partition coefficient (Wildman–Crippen LogP) is 6.76. The molecule has 0 aromatic heterocycles. The Morgan fingerprint density at radius 1 is 0.920 bits per heavy atom. The molecule has 284 valence electrons. The number of nitrogens with one attached hydrogen (secondary N) is 2. The molecule has 50 heavy (non-hydrogen) atoms. The molecule has 1 aromatic rings. The molecule has 5 atom stereocenters. The third-order valence-corrected chi connectivity index (χ3v) is 10.7. The van der Waals surface area contributed by atoms with Gasteiger partial charge in [0.25, 0.3) is 0 Å². The summed E-state index contributed by atoms with van der Waals surface area (Å²) < 4.78 is 12.5. The molecular weight excluding hydrogens is 655 g/mol. The molecule has 5 N–H and O–H groups in total. The van der Waals surface area contributed by atoms with Crippen molar-refractivity contribution in [3.8, 4) is 11.5 Å². The summed E-state index contributed by atoms with van der Waals surface area (Å²) in [6.07, 6.45) is 12.8. The molecule has 10 nitrogen and oxygen atoms in total. The lowest BCUT2D eigenvalue weighted by Gasteiger charge is -2.38. The van der Waals surface area contributed by atoms with Crippen molar-refractivity contribution >= 4 is 36.4 Å². The first kappa shape index (κ1) is 43.4. The van der Waals surface area contributed by atoms with Gasteiger partial charge in [0.2, 0.25) is 11.8 Å². The van der Waals surface area contributed by atoms with Gasteiger partial charge >= 0.3 is 11.9 Å². The van der Waals surface area contributed by atoms with Crippen LogP contribution in [0.1, 0.15) is 134 Å². The van der Waals surface area contributed by atoms with Crippen LogP contribution in [0.4, 0.5) is 0 Å². The van der Waals surface area contributed by atoms with Crippen LogP contribution in [-0.4, -0.2) is 58.8 Å². The average molecular weight is 720 g/mol. The summed E-state index contributed by atoms with van der Waals surface area (Å²) in [5, 5.41) is 13.9. The number of fused-ring (bicyclic) bond motifs is 1. The zero-order valence-corrected chi connectivity index (χ0v) is 32.8. The van der Waals surface area contributed by atoms with E-state index in [4.69, 9.17) is 20.3 Å². The van der Waals surface area contributed by atoms with Gasteiger partial charge in [0.05, 0.1) is 0 Å². The molecule has 1 heterocycles. The molecule has 1 aromatic carbocycles. The number of ether oxygens (including phenoxy) is 2. The Morgan fingerprint density at radius 3 is 2.10 bits per heavy atom. The van der Waals surface area contributed by atoms with Gasteiger partial charge in [-0.05, 0) is 94.2 Å². The normalized spacial score (nSPS) is 18.0. The van der Waals surface area contributed by atoms with Crippen molar-refractivity contribution in [3.63, 3.8) is 0 Å². The van der Waals surface area contributed by atoms with Crippen LogP contribution < -0.4 is 25.8 Å². The third-order valence-electron chi connectivity index (χ3n) is 10.3. The Morgan fingerprint density at radius 2 is 1.52 bits per heavy atom. The fourth-order valence-electron chi connectivity index (χ4n) is 6.72. The van der Waals surface area contributed by atoms with Gasteiger partial charge in [-0.2, -0.15) is 12.6 Å². The minimum Gasteiger partial charge on any atom is -0.487 e. The Balaban J connectivity index is 1.89. The van der Waals surface area contributed by atoms with E-state index in [0.717, 1.165) is 65.5 Å². The molecule has 0 aliphatic carbocycles. The number of amides is 2. The topological polar surface area (TPSA) is 157 Å². The first-order valence-electron chi connectivity index (χ1n) is 18.7. The van der Waals surface area contributed by atoms with Gasteiger partial charge in [-0.3, -0.25) is 14.4 Å². The molecule has 0 radical (unpaired) electrons. The molecular formula is C39H65N3O7S.